The van der Waals surface area contributed by atoms with E-state index in [-0.39, 0.29) is 5.97 Å². The lowest BCUT2D eigenvalue weighted by molar-refractivity contribution is -0.137. The molecule has 0 fully saturated rings. The van der Waals surface area contributed by atoms with Gasteiger partial charge in [0.05, 0.1) is 13.7 Å². The lowest BCUT2D eigenvalue weighted by atomic mass is 10.1. The van der Waals surface area contributed by atoms with Gasteiger partial charge in [-0.1, -0.05) is 45.2 Å². The van der Waals surface area contributed by atoms with Crippen molar-refractivity contribution in [2.45, 2.75) is 39.5 Å². The van der Waals surface area contributed by atoms with E-state index in [0.717, 1.165) is 30.1 Å². The minimum absolute atomic E-state index is 0.283. The number of rotatable bonds is 9. The van der Waals surface area contributed by atoms with E-state index < -0.39 is 0 Å². The van der Waals surface area contributed by atoms with Crippen LogP contribution in [0.15, 0.2) is 30.3 Å². The van der Waals surface area contributed by atoms with Gasteiger partial charge in [-0.2, -0.15) is 0 Å². The van der Waals surface area contributed by atoms with Crippen molar-refractivity contribution >= 4 is 12.0 Å². The molecule has 0 aliphatic carbocycles. The predicted octanol–water partition coefficient (Wildman–Crippen LogP) is 4.47. The topological polar surface area (TPSA) is 35.5 Å². The quantitative estimate of drug-likeness (QED) is 0.382. The first-order valence-electron chi connectivity index (χ1n) is 7.60. The molecule has 1 aromatic carbocycles. The Labute approximate surface area is 128 Å². The Balaban J connectivity index is 2.19. The Morgan fingerprint density at radius 1 is 1.14 bits per heavy atom. The van der Waals surface area contributed by atoms with E-state index in [1.54, 1.807) is 13.2 Å². The lowest BCUT2D eigenvalue weighted by Gasteiger charge is -2.04. The molecule has 21 heavy (non-hydrogen) atoms. The van der Waals surface area contributed by atoms with Gasteiger partial charge in [-0.05, 0) is 36.1 Å². The van der Waals surface area contributed by atoms with Gasteiger partial charge in [0.2, 0.25) is 0 Å². The lowest BCUT2D eigenvalue weighted by Crippen LogP contribution is -2.02. The zero-order valence-electron chi connectivity index (χ0n) is 13.3. The number of esters is 1. The maximum Gasteiger partial charge on any atom is 0.330 e. The summed E-state index contributed by atoms with van der Waals surface area (Å²) in [6.07, 6.45) is 7.72. The van der Waals surface area contributed by atoms with Crippen LogP contribution in [0.4, 0.5) is 0 Å². The molecule has 0 atom stereocenters. The van der Waals surface area contributed by atoms with Crippen molar-refractivity contribution < 1.29 is 14.3 Å². The van der Waals surface area contributed by atoms with E-state index >= 15 is 0 Å². The van der Waals surface area contributed by atoms with Crippen LogP contribution < -0.4 is 4.74 Å². The summed E-state index contributed by atoms with van der Waals surface area (Å²) in [4.78, 5) is 11.5. The van der Waals surface area contributed by atoms with Crippen molar-refractivity contribution in [1.82, 2.24) is 0 Å². The molecule has 116 valence electrons. The van der Waals surface area contributed by atoms with Crippen LogP contribution in [0.3, 0.4) is 0 Å². The highest BCUT2D eigenvalue weighted by Gasteiger charge is 1.98. The molecule has 0 unspecified atom stereocenters. The highest BCUT2D eigenvalue weighted by Crippen LogP contribution is 2.12. The fraction of sp³-hybridized carbons (Fsp3) is 0.500. The maximum absolute atomic E-state index is 11.5. The van der Waals surface area contributed by atoms with Crippen LogP contribution in [0, 0.1) is 5.92 Å². The molecule has 3 heteroatoms. The number of carbonyl (C=O) groups is 1. The molecule has 0 aliphatic rings. The first-order chi connectivity index (χ1) is 10.1. The van der Waals surface area contributed by atoms with Gasteiger partial charge in [-0.15, -0.1) is 0 Å². The Hall–Kier alpha value is -1.77. The summed E-state index contributed by atoms with van der Waals surface area (Å²) >= 11 is 0. The van der Waals surface area contributed by atoms with E-state index in [1.807, 2.05) is 24.3 Å². The maximum atomic E-state index is 11.5. The van der Waals surface area contributed by atoms with Crippen LogP contribution in [0.25, 0.3) is 6.08 Å². The number of unbranched alkanes of at least 4 members (excludes halogenated alkanes) is 2. The summed E-state index contributed by atoms with van der Waals surface area (Å²) < 4.78 is 10.2. The van der Waals surface area contributed by atoms with Gasteiger partial charge >= 0.3 is 5.97 Å². The Bertz CT molecular complexity index is 432. The first-order valence-corrected chi connectivity index (χ1v) is 7.60. The molecular formula is C18H26O3. The third kappa shape index (κ3) is 8.18. The number of benzene rings is 1. The molecule has 0 saturated heterocycles. The molecule has 0 bridgehead atoms. The van der Waals surface area contributed by atoms with E-state index in [2.05, 4.69) is 13.8 Å². The number of ether oxygens (including phenoxy) is 2. The molecular weight excluding hydrogens is 264 g/mol. The average Bonchev–Trinajstić information content (AvgIpc) is 2.49. The fourth-order valence-electron chi connectivity index (χ4n) is 1.93. The number of hydrogen-bond donors (Lipinski definition) is 0. The molecule has 1 rings (SSSR count). The molecule has 0 amide bonds. The SMILES string of the molecule is COc1ccc(C=CC(=O)OCCCCCC(C)C)cc1. The number of methoxy groups -OCH3 is 1. The molecule has 0 spiro atoms. The molecule has 0 saturated carbocycles. The summed E-state index contributed by atoms with van der Waals surface area (Å²) in [6.45, 7) is 4.96. The van der Waals surface area contributed by atoms with Crippen molar-refractivity contribution in [3.8, 4) is 5.75 Å². The van der Waals surface area contributed by atoms with Crippen molar-refractivity contribution in [2.75, 3.05) is 13.7 Å². The van der Waals surface area contributed by atoms with Gasteiger partial charge in [0.25, 0.3) is 0 Å². The van der Waals surface area contributed by atoms with E-state index in [9.17, 15) is 4.79 Å². The number of carbonyl (C=O) groups excluding carboxylic acids is 1. The van der Waals surface area contributed by atoms with Crippen molar-refractivity contribution in [1.29, 1.82) is 0 Å². The van der Waals surface area contributed by atoms with Crippen LogP contribution in [-0.4, -0.2) is 19.7 Å². The Kier molecular flexibility index (Phi) is 8.25. The summed E-state index contributed by atoms with van der Waals surface area (Å²) in [7, 11) is 1.63. The van der Waals surface area contributed by atoms with Crippen LogP contribution >= 0.6 is 0 Å². The van der Waals surface area contributed by atoms with E-state index in [1.165, 1.54) is 18.9 Å². The Morgan fingerprint density at radius 3 is 2.48 bits per heavy atom. The summed E-state index contributed by atoms with van der Waals surface area (Å²) in [5, 5.41) is 0. The molecule has 0 N–H and O–H groups in total. The largest absolute Gasteiger partial charge is 0.497 e. The Morgan fingerprint density at radius 2 is 1.86 bits per heavy atom. The average molecular weight is 290 g/mol. The van der Waals surface area contributed by atoms with Gasteiger partial charge in [0.1, 0.15) is 5.75 Å². The molecule has 0 aliphatic heterocycles. The monoisotopic (exact) mass is 290 g/mol. The zero-order chi connectivity index (χ0) is 15.5. The highest BCUT2D eigenvalue weighted by molar-refractivity contribution is 5.87. The van der Waals surface area contributed by atoms with Crippen LogP contribution in [0.1, 0.15) is 45.1 Å². The predicted molar refractivity (Wildman–Crippen MR) is 86.3 cm³/mol. The molecule has 0 aromatic heterocycles. The van der Waals surface area contributed by atoms with Gasteiger partial charge in [-0.3, -0.25) is 0 Å². The molecule has 0 radical (unpaired) electrons. The second-order valence-corrected chi connectivity index (χ2v) is 5.52. The second-order valence-electron chi connectivity index (χ2n) is 5.52. The molecule has 1 aromatic rings. The van der Waals surface area contributed by atoms with Gasteiger partial charge in [0.15, 0.2) is 0 Å². The second kappa shape index (κ2) is 10.0. The molecule has 0 heterocycles. The first kappa shape index (κ1) is 17.3. The zero-order valence-corrected chi connectivity index (χ0v) is 13.3. The third-order valence-corrected chi connectivity index (χ3v) is 3.20. The smallest absolute Gasteiger partial charge is 0.330 e. The number of hydrogen-bond acceptors (Lipinski definition) is 3. The summed E-state index contributed by atoms with van der Waals surface area (Å²) in [5.74, 6) is 1.27. The minimum Gasteiger partial charge on any atom is -0.497 e. The van der Waals surface area contributed by atoms with Crippen LogP contribution in [-0.2, 0) is 9.53 Å². The van der Waals surface area contributed by atoms with Gasteiger partial charge < -0.3 is 9.47 Å². The summed E-state index contributed by atoms with van der Waals surface area (Å²) in [5.41, 5.74) is 0.949. The van der Waals surface area contributed by atoms with E-state index in [4.69, 9.17) is 9.47 Å². The van der Waals surface area contributed by atoms with Crippen molar-refractivity contribution in [2.24, 2.45) is 5.92 Å². The molecule has 3 nitrogen and oxygen atoms in total. The standard InChI is InChI=1S/C18H26O3/c1-15(2)7-5-4-6-14-21-18(19)13-10-16-8-11-17(20-3)12-9-16/h8-13,15H,4-7,14H2,1-3H3. The van der Waals surface area contributed by atoms with Crippen molar-refractivity contribution in [3.05, 3.63) is 35.9 Å². The third-order valence-electron chi connectivity index (χ3n) is 3.20. The van der Waals surface area contributed by atoms with E-state index in [0.29, 0.717) is 6.61 Å². The normalized spacial score (nSPS) is 11.0. The van der Waals surface area contributed by atoms with Crippen molar-refractivity contribution in [3.63, 3.8) is 0 Å². The minimum atomic E-state index is -0.283. The fourth-order valence-corrected chi connectivity index (χ4v) is 1.93. The van der Waals surface area contributed by atoms with Gasteiger partial charge in [0, 0.05) is 6.08 Å². The highest BCUT2D eigenvalue weighted by atomic mass is 16.5. The van der Waals surface area contributed by atoms with Crippen LogP contribution in [0.5, 0.6) is 5.75 Å². The van der Waals surface area contributed by atoms with Gasteiger partial charge in [-0.25, -0.2) is 4.79 Å². The van der Waals surface area contributed by atoms with Crippen LogP contribution in [0.2, 0.25) is 0 Å². The summed E-state index contributed by atoms with van der Waals surface area (Å²) in [6, 6.07) is 7.52.